The molecular weight excluding hydrogens is 366 g/mol. The molecule has 6 nitrogen and oxygen atoms in total. The maximum Gasteiger partial charge on any atom is 0.233 e. The predicted octanol–water partition coefficient (Wildman–Crippen LogP) is 4.86. The predicted molar refractivity (Wildman–Crippen MR) is 117 cm³/mol. The van der Waals surface area contributed by atoms with E-state index < -0.39 is 5.91 Å². The molecule has 0 radical (unpaired) electrons. The van der Waals surface area contributed by atoms with Crippen molar-refractivity contribution in [1.82, 2.24) is 0 Å². The number of hydrogen-bond donors (Lipinski definition) is 3. The molecule has 0 atom stereocenters. The van der Waals surface area contributed by atoms with Crippen molar-refractivity contribution in [2.24, 2.45) is 0 Å². The molecule has 0 fully saturated rings. The Morgan fingerprint density at radius 3 is 1.62 bits per heavy atom. The normalized spacial score (nSPS) is 10.7. The highest BCUT2D eigenvalue weighted by Gasteiger charge is 2.17. The van der Waals surface area contributed by atoms with E-state index in [2.05, 4.69) is 43.6 Å². The number of benzene rings is 2. The molecule has 0 aliphatic rings. The summed E-state index contributed by atoms with van der Waals surface area (Å²) in [6.45, 7) is 9.73. The highest BCUT2D eigenvalue weighted by Crippen LogP contribution is 2.32. The van der Waals surface area contributed by atoms with Gasteiger partial charge in [0.05, 0.1) is 0 Å². The van der Waals surface area contributed by atoms with Crippen molar-refractivity contribution in [3.8, 4) is 0 Å². The quantitative estimate of drug-likeness (QED) is 0.585. The van der Waals surface area contributed by atoms with Crippen molar-refractivity contribution in [3.05, 3.63) is 53.6 Å². The fourth-order valence-electron chi connectivity index (χ4n) is 3.07. The molecule has 0 unspecified atom stereocenters. The molecule has 2 rings (SSSR count). The Kier molecular flexibility index (Phi) is 7.53. The molecule has 0 spiro atoms. The van der Waals surface area contributed by atoms with Crippen LogP contribution in [0.2, 0.25) is 0 Å². The van der Waals surface area contributed by atoms with Gasteiger partial charge in [-0.15, -0.1) is 0 Å². The van der Waals surface area contributed by atoms with Crippen LogP contribution in [-0.2, 0) is 14.4 Å². The standard InChI is InChI=1S/C23H29N3O3/c1-14(2)19-7-6-8-20(15(3)4)23(19)26-22(29)13-21(28)25-18-11-9-17(10-12-18)24-16(5)27/h6-12,14-15H,13H2,1-5H3,(H,24,27)(H,25,28)(H,26,29). The van der Waals surface area contributed by atoms with Crippen molar-refractivity contribution < 1.29 is 14.4 Å². The molecule has 3 amide bonds. The van der Waals surface area contributed by atoms with E-state index in [9.17, 15) is 14.4 Å². The van der Waals surface area contributed by atoms with Gasteiger partial charge in [0.15, 0.2) is 0 Å². The van der Waals surface area contributed by atoms with Gasteiger partial charge in [0.2, 0.25) is 17.7 Å². The molecule has 29 heavy (non-hydrogen) atoms. The molecule has 0 saturated carbocycles. The minimum absolute atomic E-state index is 0.166. The first kappa shape index (κ1) is 22.1. The van der Waals surface area contributed by atoms with Crippen molar-refractivity contribution >= 4 is 34.8 Å². The minimum Gasteiger partial charge on any atom is -0.326 e. The first-order valence-electron chi connectivity index (χ1n) is 9.77. The fraction of sp³-hybridized carbons (Fsp3) is 0.348. The van der Waals surface area contributed by atoms with E-state index in [1.165, 1.54) is 6.92 Å². The van der Waals surface area contributed by atoms with E-state index in [0.29, 0.717) is 11.4 Å². The number of hydrogen-bond acceptors (Lipinski definition) is 3. The summed E-state index contributed by atoms with van der Waals surface area (Å²) < 4.78 is 0. The topological polar surface area (TPSA) is 87.3 Å². The minimum atomic E-state index is -0.400. The summed E-state index contributed by atoms with van der Waals surface area (Å²) in [6.07, 6.45) is -0.280. The number of amides is 3. The van der Waals surface area contributed by atoms with Gasteiger partial charge in [-0.2, -0.15) is 0 Å². The van der Waals surface area contributed by atoms with Gasteiger partial charge in [0.1, 0.15) is 6.42 Å². The number of nitrogens with one attached hydrogen (secondary N) is 3. The van der Waals surface area contributed by atoms with Crippen LogP contribution in [-0.4, -0.2) is 17.7 Å². The number of carbonyl (C=O) groups excluding carboxylic acids is 3. The Morgan fingerprint density at radius 2 is 1.17 bits per heavy atom. The molecule has 2 aromatic carbocycles. The lowest BCUT2D eigenvalue weighted by Gasteiger charge is -2.20. The van der Waals surface area contributed by atoms with Crippen molar-refractivity contribution in [2.45, 2.75) is 52.9 Å². The second-order valence-electron chi connectivity index (χ2n) is 7.65. The molecular formula is C23H29N3O3. The van der Waals surface area contributed by atoms with Gasteiger partial charge >= 0.3 is 0 Å². The first-order valence-corrected chi connectivity index (χ1v) is 9.77. The SMILES string of the molecule is CC(=O)Nc1ccc(NC(=O)CC(=O)Nc2c(C(C)C)cccc2C(C)C)cc1. The average molecular weight is 396 g/mol. The molecule has 6 heteroatoms. The van der Waals surface area contributed by atoms with E-state index in [4.69, 9.17) is 0 Å². The van der Waals surface area contributed by atoms with E-state index in [-0.39, 0.29) is 30.1 Å². The monoisotopic (exact) mass is 395 g/mol. The summed E-state index contributed by atoms with van der Waals surface area (Å²) in [5.41, 5.74) is 4.11. The molecule has 0 aliphatic heterocycles. The zero-order valence-corrected chi connectivity index (χ0v) is 17.6. The van der Waals surface area contributed by atoms with Crippen LogP contribution in [0.15, 0.2) is 42.5 Å². The number of carbonyl (C=O) groups is 3. The Hall–Kier alpha value is -3.15. The molecule has 0 bridgehead atoms. The maximum atomic E-state index is 12.5. The second kappa shape index (κ2) is 9.87. The summed E-state index contributed by atoms with van der Waals surface area (Å²) in [6, 6.07) is 12.7. The van der Waals surface area contributed by atoms with Crippen LogP contribution in [0.25, 0.3) is 0 Å². The third-order valence-electron chi connectivity index (χ3n) is 4.45. The van der Waals surface area contributed by atoms with Crippen LogP contribution in [0, 0.1) is 0 Å². The number of para-hydroxylation sites is 1. The van der Waals surface area contributed by atoms with Gasteiger partial charge < -0.3 is 16.0 Å². The number of rotatable bonds is 7. The van der Waals surface area contributed by atoms with Gasteiger partial charge in [0, 0.05) is 24.0 Å². The first-order chi connectivity index (χ1) is 13.7. The van der Waals surface area contributed by atoms with E-state index in [1.54, 1.807) is 24.3 Å². The van der Waals surface area contributed by atoms with Crippen molar-refractivity contribution in [3.63, 3.8) is 0 Å². The van der Waals surface area contributed by atoms with Gasteiger partial charge in [-0.1, -0.05) is 45.9 Å². The van der Waals surface area contributed by atoms with Gasteiger partial charge in [-0.3, -0.25) is 14.4 Å². The van der Waals surface area contributed by atoms with Gasteiger partial charge in [-0.25, -0.2) is 0 Å². The Morgan fingerprint density at radius 1 is 0.724 bits per heavy atom. The lowest BCUT2D eigenvalue weighted by molar-refractivity contribution is -0.123. The van der Waals surface area contributed by atoms with Crippen LogP contribution in [0.5, 0.6) is 0 Å². The third-order valence-corrected chi connectivity index (χ3v) is 4.45. The van der Waals surface area contributed by atoms with E-state index in [0.717, 1.165) is 16.8 Å². The lowest BCUT2D eigenvalue weighted by Crippen LogP contribution is -2.23. The molecule has 2 aromatic rings. The maximum absolute atomic E-state index is 12.5. The second-order valence-corrected chi connectivity index (χ2v) is 7.65. The highest BCUT2D eigenvalue weighted by molar-refractivity contribution is 6.08. The molecule has 154 valence electrons. The largest absolute Gasteiger partial charge is 0.326 e. The summed E-state index contributed by atoms with van der Waals surface area (Å²) in [5.74, 6) is -0.420. The van der Waals surface area contributed by atoms with Gasteiger partial charge in [0.25, 0.3) is 0 Å². The average Bonchev–Trinajstić information content (AvgIpc) is 2.62. The Balaban J connectivity index is 2.04. The van der Waals surface area contributed by atoms with Crippen LogP contribution in [0.3, 0.4) is 0 Å². The summed E-state index contributed by atoms with van der Waals surface area (Å²) in [7, 11) is 0. The molecule has 0 heterocycles. The zero-order chi connectivity index (χ0) is 21.6. The zero-order valence-electron chi connectivity index (χ0n) is 17.6. The molecule has 3 N–H and O–H groups in total. The smallest absolute Gasteiger partial charge is 0.233 e. The molecule has 0 saturated heterocycles. The lowest BCUT2D eigenvalue weighted by atomic mass is 9.92. The number of anilines is 3. The Labute approximate surface area is 172 Å². The van der Waals surface area contributed by atoms with Crippen molar-refractivity contribution in [2.75, 3.05) is 16.0 Å². The van der Waals surface area contributed by atoms with Crippen LogP contribution >= 0.6 is 0 Å². The van der Waals surface area contributed by atoms with Crippen LogP contribution in [0.4, 0.5) is 17.1 Å². The Bertz CT molecular complexity index is 860. The molecule has 0 aliphatic carbocycles. The van der Waals surface area contributed by atoms with E-state index in [1.807, 2.05) is 18.2 Å². The van der Waals surface area contributed by atoms with Crippen LogP contribution < -0.4 is 16.0 Å². The summed E-state index contributed by atoms with van der Waals surface area (Å²) in [5, 5.41) is 8.30. The fourth-order valence-corrected chi connectivity index (χ4v) is 3.07. The highest BCUT2D eigenvalue weighted by atomic mass is 16.2. The molecule has 0 aromatic heterocycles. The summed E-state index contributed by atoms with van der Waals surface area (Å²) in [4.78, 5) is 35.8. The van der Waals surface area contributed by atoms with Crippen LogP contribution in [0.1, 0.15) is 64.0 Å². The third kappa shape index (κ3) is 6.45. The van der Waals surface area contributed by atoms with Gasteiger partial charge in [-0.05, 0) is 47.2 Å². The van der Waals surface area contributed by atoms with E-state index >= 15 is 0 Å². The summed E-state index contributed by atoms with van der Waals surface area (Å²) >= 11 is 0. The van der Waals surface area contributed by atoms with Crippen molar-refractivity contribution in [1.29, 1.82) is 0 Å².